The van der Waals surface area contributed by atoms with Gasteiger partial charge in [-0.3, -0.25) is 9.59 Å². The van der Waals surface area contributed by atoms with Crippen LogP contribution in [0.3, 0.4) is 0 Å². The normalized spacial score (nSPS) is 11.8. The maximum absolute atomic E-state index is 12.6. The van der Waals surface area contributed by atoms with Gasteiger partial charge in [0.05, 0.1) is 27.9 Å². The van der Waals surface area contributed by atoms with Crippen molar-refractivity contribution in [2.45, 2.75) is 13.5 Å². The van der Waals surface area contributed by atoms with Gasteiger partial charge in [0, 0.05) is 5.02 Å². The standard InChI is InChI=1S/C18H14Cl2N2O3S/c1-10-3-6-14-15(7-10)26-18(22(14)9-16(23)25-2)21-17(24)12-8-11(19)4-5-13(12)20/h3-8H,9H2,1-2H3. The second-order valence-electron chi connectivity index (χ2n) is 5.56. The molecule has 0 bridgehead atoms. The Labute approximate surface area is 163 Å². The van der Waals surface area contributed by atoms with Crippen molar-refractivity contribution in [2.24, 2.45) is 4.99 Å². The van der Waals surface area contributed by atoms with Gasteiger partial charge in [-0.05, 0) is 42.8 Å². The second-order valence-corrected chi connectivity index (χ2v) is 7.41. The quantitative estimate of drug-likeness (QED) is 0.609. The van der Waals surface area contributed by atoms with Crippen LogP contribution in [0.15, 0.2) is 41.4 Å². The van der Waals surface area contributed by atoms with Gasteiger partial charge in [-0.15, -0.1) is 0 Å². The van der Waals surface area contributed by atoms with E-state index in [4.69, 9.17) is 27.9 Å². The number of rotatable bonds is 3. The third kappa shape index (κ3) is 3.82. The van der Waals surface area contributed by atoms with Gasteiger partial charge in [-0.1, -0.05) is 40.6 Å². The Balaban J connectivity index is 2.17. The van der Waals surface area contributed by atoms with Crippen molar-refractivity contribution in [1.29, 1.82) is 0 Å². The Kier molecular flexibility index (Phi) is 5.46. The summed E-state index contributed by atoms with van der Waals surface area (Å²) < 4.78 is 7.32. The van der Waals surface area contributed by atoms with Crippen molar-refractivity contribution in [3.8, 4) is 0 Å². The van der Waals surface area contributed by atoms with Crippen molar-refractivity contribution in [3.05, 3.63) is 62.4 Å². The summed E-state index contributed by atoms with van der Waals surface area (Å²) in [7, 11) is 1.31. The first kappa shape index (κ1) is 18.6. The van der Waals surface area contributed by atoms with Crippen LogP contribution in [0.2, 0.25) is 10.0 Å². The van der Waals surface area contributed by atoms with Crippen LogP contribution >= 0.6 is 34.5 Å². The number of amides is 1. The molecule has 0 saturated heterocycles. The van der Waals surface area contributed by atoms with Crippen LogP contribution in [0, 0.1) is 6.92 Å². The summed E-state index contributed by atoms with van der Waals surface area (Å²) in [5, 5.41) is 0.655. The molecular weight excluding hydrogens is 395 g/mol. The molecule has 1 aromatic heterocycles. The van der Waals surface area contributed by atoms with E-state index in [0.29, 0.717) is 9.82 Å². The minimum atomic E-state index is -0.528. The zero-order valence-electron chi connectivity index (χ0n) is 14.0. The Bertz CT molecular complexity index is 1090. The first-order valence-electron chi connectivity index (χ1n) is 7.60. The van der Waals surface area contributed by atoms with Gasteiger partial charge in [0.1, 0.15) is 6.54 Å². The number of ether oxygens (including phenoxy) is 1. The number of esters is 1. The van der Waals surface area contributed by atoms with Gasteiger partial charge in [-0.2, -0.15) is 4.99 Å². The SMILES string of the molecule is COC(=O)Cn1c(=NC(=O)c2cc(Cl)ccc2Cl)sc2cc(C)ccc21. The van der Waals surface area contributed by atoms with E-state index >= 15 is 0 Å². The van der Waals surface area contributed by atoms with Gasteiger partial charge in [0.25, 0.3) is 5.91 Å². The number of nitrogens with zero attached hydrogens (tertiary/aromatic N) is 2. The van der Waals surface area contributed by atoms with Crippen molar-refractivity contribution in [2.75, 3.05) is 7.11 Å². The topological polar surface area (TPSA) is 60.7 Å². The van der Waals surface area contributed by atoms with Gasteiger partial charge >= 0.3 is 5.97 Å². The monoisotopic (exact) mass is 408 g/mol. The molecule has 0 fully saturated rings. The van der Waals surface area contributed by atoms with E-state index in [1.807, 2.05) is 25.1 Å². The summed E-state index contributed by atoms with van der Waals surface area (Å²) in [5.74, 6) is -0.959. The highest BCUT2D eigenvalue weighted by Gasteiger charge is 2.14. The predicted octanol–water partition coefficient (Wildman–Crippen LogP) is 4.23. The summed E-state index contributed by atoms with van der Waals surface area (Å²) in [6.45, 7) is 1.92. The van der Waals surface area contributed by atoms with Crippen LogP contribution in [-0.4, -0.2) is 23.6 Å². The predicted molar refractivity (Wildman–Crippen MR) is 103 cm³/mol. The number of hydrogen-bond acceptors (Lipinski definition) is 4. The number of carbonyl (C=O) groups excluding carboxylic acids is 2. The lowest BCUT2D eigenvalue weighted by Crippen LogP contribution is -2.22. The van der Waals surface area contributed by atoms with Crippen molar-refractivity contribution < 1.29 is 14.3 Å². The van der Waals surface area contributed by atoms with Crippen LogP contribution in [0.1, 0.15) is 15.9 Å². The molecule has 0 spiro atoms. The van der Waals surface area contributed by atoms with Crippen LogP contribution < -0.4 is 4.80 Å². The van der Waals surface area contributed by atoms with Gasteiger partial charge in [0.15, 0.2) is 4.80 Å². The third-order valence-electron chi connectivity index (χ3n) is 3.71. The first-order chi connectivity index (χ1) is 12.4. The minimum absolute atomic E-state index is 0.0467. The summed E-state index contributed by atoms with van der Waals surface area (Å²) in [6, 6.07) is 10.4. The molecule has 0 N–H and O–H groups in total. The molecule has 0 radical (unpaired) electrons. The number of thiazole rings is 1. The lowest BCUT2D eigenvalue weighted by Gasteiger charge is -2.04. The fourth-order valence-electron chi connectivity index (χ4n) is 2.42. The fraction of sp³-hybridized carbons (Fsp3) is 0.167. The highest BCUT2D eigenvalue weighted by Crippen LogP contribution is 2.22. The summed E-state index contributed by atoms with van der Waals surface area (Å²) in [4.78, 5) is 29.0. The maximum Gasteiger partial charge on any atom is 0.325 e. The molecule has 0 atom stereocenters. The number of aryl methyl sites for hydroxylation is 1. The average molecular weight is 409 g/mol. The average Bonchev–Trinajstić information content (AvgIpc) is 2.93. The number of benzene rings is 2. The Morgan fingerprint density at radius 3 is 2.69 bits per heavy atom. The highest BCUT2D eigenvalue weighted by molar-refractivity contribution is 7.16. The minimum Gasteiger partial charge on any atom is -0.468 e. The first-order valence-corrected chi connectivity index (χ1v) is 9.17. The molecule has 134 valence electrons. The van der Waals surface area contributed by atoms with E-state index in [1.54, 1.807) is 16.7 Å². The number of carbonyl (C=O) groups is 2. The lowest BCUT2D eigenvalue weighted by atomic mass is 10.2. The van der Waals surface area contributed by atoms with E-state index < -0.39 is 11.9 Å². The van der Waals surface area contributed by atoms with E-state index in [-0.39, 0.29) is 17.1 Å². The number of methoxy groups -OCH3 is 1. The molecule has 0 aliphatic rings. The van der Waals surface area contributed by atoms with Crippen molar-refractivity contribution in [3.63, 3.8) is 0 Å². The second kappa shape index (κ2) is 7.61. The highest BCUT2D eigenvalue weighted by atomic mass is 35.5. The Hall–Kier alpha value is -2.15. The molecular formula is C18H14Cl2N2O3S. The number of aromatic nitrogens is 1. The maximum atomic E-state index is 12.6. The van der Waals surface area contributed by atoms with Gasteiger partial charge in [-0.25, -0.2) is 0 Å². The largest absolute Gasteiger partial charge is 0.468 e. The molecule has 0 unspecified atom stereocenters. The molecule has 3 rings (SSSR count). The number of hydrogen-bond donors (Lipinski definition) is 0. The summed E-state index contributed by atoms with van der Waals surface area (Å²) >= 11 is 13.3. The van der Waals surface area contributed by atoms with E-state index in [1.165, 1.54) is 24.5 Å². The number of fused-ring (bicyclic) bond motifs is 1. The molecule has 1 heterocycles. The summed E-state index contributed by atoms with van der Waals surface area (Å²) in [6.07, 6.45) is 0. The third-order valence-corrected chi connectivity index (χ3v) is 5.31. The van der Waals surface area contributed by atoms with E-state index in [2.05, 4.69) is 4.99 Å². The molecule has 0 aliphatic heterocycles. The molecule has 5 nitrogen and oxygen atoms in total. The van der Waals surface area contributed by atoms with Gasteiger partial charge in [0.2, 0.25) is 0 Å². The fourth-order valence-corrected chi connectivity index (χ4v) is 3.92. The summed E-state index contributed by atoms with van der Waals surface area (Å²) in [5.41, 5.74) is 2.08. The van der Waals surface area contributed by atoms with Crippen molar-refractivity contribution >= 4 is 56.6 Å². The van der Waals surface area contributed by atoms with E-state index in [0.717, 1.165) is 15.8 Å². The molecule has 8 heteroatoms. The van der Waals surface area contributed by atoms with E-state index in [9.17, 15) is 9.59 Å². The Morgan fingerprint density at radius 1 is 1.19 bits per heavy atom. The lowest BCUT2D eigenvalue weighted by molar-refractivity contribution is -0.141. The van der Waals surface area contributed by atoms with Gasteiger partial charge < -0.3 is 9.30 Å². The number of halogens is 2. The van der Waals surface area contributed by atoms with Crippen LogP contribution in [0.25, 0.3) is 10.2 Å². The molecule has 2 aromatic carbocycles. The molecule has 1 amide bonds. The van der Waals surface area contributed by atoms with Crippen LogP contribution in [0.5, 0.6) is 0 Å². The van der Waals surface area contributed by atoms with Crippen LogP contribution in [0.4, 0.5) is 0 Å². The zero-order chi connectivity index (χ0) is 18.8. The zero-order valence-corrected chi connectivity index (χ0v) is 16.3. The van der Waals surface area contributed by atoms with Crippen LogP contribution in [-0.2, 0) is 16.1 Å². The van der Waals surface area contributed by atoms with Crippen molar-refractivity contribution in [1.82, 2.24) is 4.57 Å². The Morgan fingerprint density at radius 2 is 1.96 bits per heavy atom. The molecule has 26 heavy (non-hydrogen) atoms. The molecule has 0 aliphatic carbocycles. The molecule has 3 aromatic rings. The smallest absolute Gasteiger partial charge is 0.325 e. The molecule has 0 saturated carbocycles.